The third-order valence-electron chi connectivity index (χ3n) is 3.81. The van der Waals surface area contributed by atoms with Crippen molar-refractivity contribution in [3.63, 3.8) is 0 Å². The van der Waals surface area contributed by atoms with E-state index >= 15 is 0 Å². The second kappa shape index (κ2) is 7.10. The number of carbonyl (C=O) groups excluding carboxylic acids is 1. The van der Waals surface area contributed by atoms with Crippen molar-refractivity contribution in [2.45, 2.75) is 6.18 Å². The number of amides is 1. The molecule has 25 heavy (non-hydrogen) atoms. The van der Waals surface area contributed by atoms with Crippen LogP contribution in [0.2, 0.25) is 0 Å². The van der Waals surface area contributed by atoms with E-state index in [0.717, 1.165) is 17.8 Å². The van der Waals surface area contributed by atoms with Crippen LogP contribution in [0.3, 0.4) is 0 Å². The summed E-state index contributed by atoms with van der Waals surface area (Å²) in [6.07, 6.45) is -1.43. The summed E-state index contributed by atoms with van der Waals surface area (Å²) in [4.78, 5) is 18.4. The predicted molar refractivity (Wildman–Crippen MR) is 86.7 cm³/mol. The van der Waals surface area contributed by atoms with Gasteiger partial charge in [0.05, 0.1) is 36.2 Å². The van der Waals surface area contributed by atoms with E-state index in [0.29, 0.717) is 26.3 Å². The molecule has 3 rings (SSSR count). The van der Waals surface area contributed by atoms with Crippen molar-refractivity contribution < 1.29 is 22.7 Å². The Morgan fingerprint density at radius 2 is 1.92 bits per heavy atom. The molecule has 5 nitrogen and oxygen atoms in total. The lowest BCUT2D eigenvalue weighted by Gasteiger charge is -2.28. The molecule has 1 aliphatic rings. The number of rotatable bonds is 3. The molecule has 1 aliphatic heterocycles. The lowest BCUT2D eigenvalue weighted by Crippen LogP contribution is -2.36. The summed E-state index contributed by atoms with van der Waals surface area (Å²) in [6.45, 7) is 2.59. The third kappa shape index (κ3) is 4.27. The first-order valence-corrected chi connectivity index (χ1v) is 7.70. The Morgan fingerprint density at radius 1 is 1.16 bits per heavy atom. The van der Waals surface area contributed by atoms with Gasteiger partial charge in [-0.15, -0.1) is 0 Å². The van der Waals surface area contributed by atoms with Gasteiger partial charge >= 0.3 is 6.18 Å². The van der Waals surface area contributed by atoms with Crippen LogP contribution in [0.1, 0.15) is 15.9 Å². The van der Waals surface area contributed by atoms with Crippen LogP contribution in [0, 0.1) is 0 Å². The first-order valence-electron chi connectivity index (χ1n) is 7.70. The van der Waals surface area contributed by atoms with Crippen LogP contribution in [0.4, 0.5) is 24.5 Å². The van der Waals surface area contributed by atoms with Crippen molar-refractivity contribution in [3.05, 3.63) is 53.9 Å². The number of morpholine rings is 1. The Morgan fingerprint density at radius 3 is 2.64 bits per heavy atom. The molecule has 0 aliphatic carbocycles. The van der Waals surface area contributed by atoms with Crippen LogP contribution < -0.4 is 10.2 Å². The van der Waals surface area contributed by atoms with Gasteiger partial charge in [-0.25, -0.2) is 0 Å². The fraction of sp³-hybridized carbons (Fsp3) is 0.294. The van der Waals surface area contributed by atoms with Crippen LogP contribution in [0.5, 0.6) is 0 Å². The predicted octanol–water partition coefficient (Wildman–Crippen LogP) is 3.19. The molecule has 8 heteroatoms. The second-order valence-electron chi connectivity index (χ2n) is 5.56. The van der Waals surface area contributed by atoms with Crippen molar-refractivity contribution in [1.29, 1.82) is 0 Å². The number of halogens is 3. The number of nitrogens with one attached hydrogen (secondary N) is 1. The zero-order chi connectivity index (χ0) is 17.9. The van der Waals surface area contributed by atoms with E-state index in [1.165, 1.54) is 18.3 Å². The van der Waals surface area contributed by atoms with Gasteiger partial charge in [0.2, 0.25) is 0 Å². The minimum absolute atomic E-state index is 0.0802. The summed E-state index contributed by atoms with van der Waals surface area (Å²) >= 11 is 0. The monoisotopic (exact) mass is 351 g/mol. The van der Waals surface area contributed by atoms with Gasteiger partial charge in [-0.05, 0) is 24.3 Å². The number of benzene rings is 1. The van der Waals surface area contributed by atoms with E-state index in [2.05, 4.69) is 10.3 Å². The summed E-state index contributed by atoms with van der Waals surface area (Å²) in [5, 5.41) is 2.48. The van der Waals surface area contributed by atoms with Gasteiger partial charge in [-0.3, -0.25) is 9.78 Å². The molecule has 1 aromatic carbocycles. The quantitative estimate of drug-likeness (QED) is 0.923. The molecule has 1 fully saturated rings. The molecule has 1 saturated heterocycles. The maximum absolute atomic E-state index is 12.7. The number of pyridine rings is 1. The van der Waals surface area contributed by atoms with Crippen LogP contribution >= 0.6 is 0 Å². The Bertz CT molecular complexity index is 759. The van der Waals surface area contributed by atoms with Crippen molar-refractivity contribution in [2.75, 3.05) is 36.5 Å². The molecule has 132 valence electrons. The number of hydrogen-bond donors (Lipinski definition) is 1. The zero-order valence-electron chi connectivity index (χ0n) is 13.2. The molecule has 0 radical (unpaired) electrons. The number of anilines is 2. The van der Waals surface area contributed by atoms with Gasteiger partial charge in [0, 0.05) is 25.0 Å². The Balaban J connectivity index is 1.75. The van der Waals surface area contributed by atoms with E-state index in [9.17, 15) is 18.0 Å². The van der Waals surface area contributed by atoms with Crippen LogP contribution in [-0.2, 0) is 10.9 Å². The van der Waals surface area contributed by atoms with Gasteiger partial charge in [0.15, 0.2) is 0 Å². The third-order valence-corrected chi connectivity index (χ3v) is 3.81. The number of hydrogen-bond acceptors (Lipinski definition) is 4. The smallest absolute Gasteiger partial charge is 0.378 e. The summed E-state index contributed by atoms with van der Waals surface area (Å²) in [5.41, 5.74) is 0.323. The van der Waals surface area contributed by atoms with E-state index in [-0.39, 0.29) is 11.3 Å². The minimum atomic E-state index is -4.46. The highest BCUT2D eigenvalue weighted by molar-refractivity contribution is 6.04. The van der Waals surface area contributed by atoms with Crippen molar-refractivity contribution in [1.82, 2.24) is 4.98 Å². The SMILES string of the molecule is O=C(Nc1cccc(C(F)(F)F)c1)c1cncc(N2CCOCC2)c1. The molecule has 2 heterocycles. The number of nitrogens with zero attached hydrogens (tertiary/aromatic N) is 2. The molecule has 0 spiro atoms. The molecule has 0 bridgehead atoms. The molecule has 0 unspecified atom stereocenters. The number of ether oxygens (including phenoxy) is 1. The maximum atomic E-state index is 12.7. The molecule has 1 amide bonds. The first kappa shape index (κ1) is 17.2. The molecule has 1 aromatic heterocycles. The maximum Gasteiger partial charge on any atom is 0.416 e. The van der Waals surface area contributed by atoms with Gasteiger partial charge in [-0.1, -0.05) is 6.07 Å². The van der Waals surface area contributed by atoms with E-state index < -0.39 is 17.6 Å². The van der Waals surface area contributed by atoms with E-state index in [1.807, 2.05) is 4.90 Å². The number of aromatic nitrogens is 1. The number of carbonyl (C=O) groups is 1. The van der Waals surface area contributed by atoms with Gasteiger partial charge in [0.25, 0.3) is 5.91 Å². The highest BCUT2D eigenvalue weighted by Gasteiger charge is 2.30. The first-order chi connectivity index (χ1) is 11.9. The fourth-order valence-electron chi connectivity index (χ4n) is 2.52. The summed E-state index contributed by atoms with van der Waals surface area (Å²) in [5.74, 6) is -0.512. The molecule has 2 aromatic rings. The van der Waals surface area contributed by atoms with Gasteiger partial charge in [0.1, 0.15) is 0 Å². The van der Waals surface area contributed by atoms with Gasteiger partial charge < -0.3 is 15.0 Å². The van der Waals surface area contributed by atoms with Crippen LogP contribution in [0.25, 0.3) is 0 Å². The molecule has 0 atom stereocenters. The molecular formula is C17H16F3N3O2. The van der Waals surface area contributed by atoms with Gasteiger partial charge in [-0.2, -0.15) is 13.2 Å². The number of alkyl halides is 3. The molecule has 0 saturated carbocycles. The zero-order valence-corrected chi connectivity index (χ0v) is 13.2. The minimum Gasteiger partial charge on any atom is -0.378 e. The lowest BCUT2D eigenvalue weighted by atomic mass is 10.2. The normalized spacial score (nSPS) is 15.1. The van der Waals surface area contributed by atoms with E-state index in [1.54, 1.807) is 12.3 Å². The van der Waals surface area contributed by atoms with Crippen molar-refractivity contribution in [3.8, 4) is 0 Å². The largest absolute Gasteiger partial charge is 0.416 e. The van der Waals surface area contributed by atoms with E-state index in [4.69, 9.17) is 4.74 Å². The standard InChI is InChI=1S/C17H16F3N3O2/c18-17(19,20)13-2-1-3-14(9-13)22-16(24)12-8-15(11-21-10-12)23-4-6-25-7-5-23/h1-3,8-11H,4-7H2,(H,22,24). The molecular weight excluding hydrogens is 335 g/mol. The fourth-order valence-corrected chi connectivity index (χ4v) is 2.52. The van der Waals surface area contributed by atoms with Crippen molar-refractivity contribution >= 4 is 17.3 Å². The Hall–Kier alpha value is -2.61. The lowest BCUT2D eigenvalue weighted by molar-refractivity contribution is -0.137. The van der Waals surface area contributed by atoms with Crippen LogP contribution in [-0.4, -0.2) is 37.2 Å². The Kier molecular flexibility index (Phi) is 4.89. The highest BCUT2D eigenvalue weighted by Crippen LogP contribution is 2.30. The van der Waals surface area contributed by atoms with Crippen molar-refractivity contribution in [2.24, 2.45) is 0 Å². The summed E-state index contributed by atoms with van der Waals surface area (Å²) in [7, 11) is 0. The topological polar surface area (TPSA) is 54.5 Å². The summed E-state index contributed by atoms with van der Waals surface area (Å²) < 4.78 is 43.5. The highest BCUT2D eigenvalue weighted by atomic mass is 19.4. The second-order valence-corrected chi connectivity index (χ2v) is 5.56. The average molecular weight is 351 g/mol. The average Bonchev–Trinajstić information content (AvgIpc) is 2.62. The van der Waals surface area contributed by atoms with Crippen LogP contribution in [0.15, 0.2) is 42.7 Å². The Labute approximate surface area is 142 Å². The summed E-state index contributed by atoms with van der Waals surface area (Å²) in [6, 6.07) is 6.18. The molecule has 1 N–H and O–H groups in total.